The lowest BCUT2D eigenvalue weighted by Gasteiger charge is -2.11. The Morgan fingerprint density at radius 1 is 1.19 bits per heavy atom. The molecule has 0 spiro atoms. The van der Waals surface area contributed by atoms with E-state index < -0.39 is 10.0 Å². The number of thiocarbonyl (C=S) groups is 1. The van der Waals surface area contributed by atoms with Crippen molar-refractivity contribution in [2.45, 2.75) is 25.3 Å². The summed E-state index contributed by atoms with van der Waals surface area (Å²) in [5.74, 6) is 0. The smallest absolute Gasteiger partial charge is 0.242 e. The third-order valence-electron chi connectivity index (χ3n) is 4.44. The molecule has 0 saturated heterocycles. The molecule has 2 heterocycles. The molecule has 1 aromatic carbocycles. The summed E-state index contributed by atoms with van der Waals surface area (Å²) in [7, 11) is -1.72. The van der Waals surface area contributed by atoms with E-state index in [1.165, 1.54) is 24.0 Å². The first kappa shape index (κ1) is 19.4. The van der Waals surface area contributed by atoms with Gasteiger partial charge in [-0.1, -0.05) is 42.0 Å². The van der Waals surface area contributed by atoms with Crippen LogP contribution >= 0.6 is 12.2 Å². The Morgan fingerprint density at radius 2 is 1.89 bits per heavy atom. The Kier molecular flexibility index (Phi) is 5.55. The van der Waals surface area contributed by atoms with E-state index in [1.54, 1.807) is 6.07 Å². The van der Waals surface area contributed by atoms with Crippen molar-refractivity contribution >= 4 is 27.1 Å². The van der Waals surface area contributed by atoms with Crippen molar-refractivity contribution < 1.29 is 8.42 Å². The lowest BCUT2D eigenvalue weighted by atomic mass is 10.1. The number of sulfonamides is 1. The van der Waals surface area contributed by atoms with Gasteiger partial charge in [-0.15, -0.1) is 0 Å². The van der Waals surface area contributed by atoms with Crippen LogP contribution in [0.15, 0.2) is 59.8 Å². The SMILES string of the molecule is Cc1ccc(C(=S)c2c(C)cc(CNS(=O)(=O)c3cccnc3)n2C)cc1. The summed E-state index contributed by atoms with van der Waals surface area (Å²) in [6.07, 6.45) is 2.87. The molecule has 7 heteroatoms. The van der Waals surface area contributed by atoms with Gasteiger partial charge in [-0.3, -0.25) is 4.98 Å². The summed E-state index contributed by atoms with van der Waals surface area (Å²) in [4.78, 5) is 4.75. The van der Waals surface area contributed by atoms with Crippen LogP contribution in [0.2, 0.25) is 0 Å². The second-order valence-electron chi connectivity index (χ2n) is 6.43. The highest BCUT2D eigenvalue weighted by Crippen LogP contribution is 2.20. The number of hydrogen-bond acceptors (Lipinski definition) is 4. The van der Waals surface area contributed by atoms with E-state index >= 15 is 0 Å². The summed E-state index contributed by atoms with van der Waals surface area (Å²) < 4.78 is 29.4. The summed E-state index contributed by atoms with van der Waals surface area (Å²) >= 11 is 5.69. The normalized spacial score (nSPS) is 11.5. The van der Waals surface area contributed by atoms with Crippen molar-refractivity contribution in [1.82, 2.24) is 14.3 Å². The molecule has 0 aliphatic rings. The number of aromatic nitrogens is 2. The minimum atomic E-state index is -3.61. The average molecular weight is 400 g/mol. The molecule has 0 fully saturated rings. The first-order chi connectivity index (χ1) is 12.8. The number of hydrogen-bond donors (Lipinski definition) is 1. The lowest BCUT2D eigenvalue weighted by Crippen LogP contribution is -2.24. The van der Waals surface area contributed by atoms with Gasteiger partial charge in [-0.2, -0.15) is 0 Å². The van der Waals surface area contributed by atoms with E-state index in [1.807, 2.05) is 55.8 Å². The van der Waals surface area contributed by atoms with Gasteiger partial charge in [0.25, 0.3) is 0 Å². The maximum atomic E-state index is 12.4. The molecule has 0 bridgehead atoms. The molecule has 140 valence electrons. The maximum absolute atomic E-state index is 12.4. The summed E-state index contributed by atoms with van der Waals surface area (Å²) in [6.45, 7) is 4.19. The molecule has 3 aromatic rings. The molecule has 0 unspecified atom stereocenters. The fourth-order valence-corrected chi connectivity index (χ4v) is 4.32. The van der Waals surface area contributed by atoms with E-state index in [2.05, 4.69) is 9.71 Å². The quantitative estimate of drug-likeness (QED) is 0.510. The van der Waals surface area contributed by atoms with Gasteiger partial charge in [-0.05, 0) is 43.2 Å². The monoisotopic (exact) mass is 399 g/mol. The van der Waals surface area contributed by atoms with Gasteiger partial charge < -0.3 is 4.57 Å². The molecule has 3 rings (SSSR count). The van der Waals surface area contributed by atoms with Gasteiger partial charge >= 0.3 is 0 Å². The third-order valence-corrected chi connectivity index (χ3v) is 6.26. The van der Waals surface area contributed by atoms with Gasteiger partial charge in [0.2, 0.25) is 10.0 Å². The van der Waals surface area contributed by atoms with Crippen molar-refractivity contribution in [2.75, 3.05) is 0 Å². The predicted molar refractivity (Wildman–Crippen MR) is 110 cm³/mol. The molecule has 0 radical (unpaired) electrons. The topological polar surface area (TPSA) is 64.0 Å². The first-order valence-electron chi connectivity index (χ1n) is 8.46. The second kappa shape index (κ2) is 7.72. The number of aryl methyl sites for hydroxylation is 2. The van der Waals surface area contributed by atoms with Crippen LogP contribution in [0.3, 0.4) is 0 Å². The Labute approximate surface area is 165 Å². The molecular formula is C20H21N3O2S2. The van der Waals surface area contributed by atoms with Crippen molar-refractivity contribution in [3.63, 3.8) is 0 Å². The van der Waals surface area contributed by atoms with E-state index in [0.29, 0.717) is 0 Å². The number of benzene rings is 1. The summed E-state index contributed by atoms with van der Waals surface area (Å²) in [6, 6.07) is 13.2. The van der Waals surface area contributed by atoms with Crippen LogP contribution in [0.25, 0.3) is 0 Å². The number of pyridine rings is 1. The van der Waals surface area contributed by atoms with Crippen molar-refractivity contribution in [3.8, 4) is 0 Å². The number of rotatable bonds is 6. The van der Waals surface area contributed by atoms with E-state index in [0.717, 1.165) is 27.4 Å². The van der Waals surface area contributed by atoms with E-state index in [4.69, 9.17) is 12.2 Å². The second-order valence-corrected chi connectivity index (χ2v) is 8.61. The molecular weight excluding hydrogens is 378 g/mol. The Morgan fingerprint density at radius 3 is 2.52 bits per heavy atom. The van der Waals surface area contributed by atoms with Crippen molar-refractivity contribution in [1.29, 1.82) is 0 Å². The Balaban J connectivity index is 1.84. The molecule has 0 aliphatic heterocycles. The Hall–Kier alpha value is -2.35. The van der Waals surface area contributed by atoms with Crippen LogP contribution in [-0.2, 0) is 23.6 Å². The minimum Gasteiger partial charge on any atom is -0.345 e. The molecule has 5 nitrogen and oxygen atoms in total. The maximum Gasteiger partial charge on any atom is 0.242 e. The van der Waals surface area contributed by atoms with Crippen molar-refractivity contribution in [2.24, 2.45) is 7.05 Å². The fraction of sp³-hybridized carbons (Fsp3) is 0.200. The Bertz CT molecular complexity index is 1070. The summed E-state index contributed by atoms with van der Waals surface area (Å²) in [5.41, 5.74) is 4.92. The number of nitrogens with one attached hydrogen (secondary N) is 1. The van der Waals surface area contributed by atoms with Crippen LogP contribution in [0.5, 0.6) is 0 Å². The van der Waals surface area contributed by atoms with Gasteiger partial charge in [0.05, 0.1) is 17.1 Å². The van der Waals surface area contributed by atoms with Gasteiger partial charge in [0.1, 0.15) is 4.90 Å². The zero-order valence-corrected chi connectivity index (χ0v) is 17.1. The van der Waals surface area contributed by atoms with E-state index in [-0.39, 0.29) is 11.4 Å². The molecule has 0 aliphatic carbocycles. The molecule has 1 N–H and O–H groups in total. The van der Waals surface area contributed by atoms with Crippen LogP contribution in [0.1, 0.15) is 28.1 Å². The van der Waals surface area contributed by atoms with E-state index in [9.17, 15) is 8.42 Å². The first-order valence-corrected chi connectivity index (χ1v) is 10.3. The highest BCUT2D eigenvalue weighted by Gasteiger charge is 2.18. The third kappa shape index (κ3) is 4.16. The van der Waals surface area contributed by atoms with Gasteiger partial charge in [0.15, 0.2) is 0 Å². The van der Waals surface area contributed by atoms with Gasteiger partial charge in [-0.25, -0.2) is 13.1 Å². The fourth-order valence-electron chi connectivity index (χ4n) is 2.92. The zero-order valence-electron chi connectivity index (χ0n) is 15.4. The zero-order chi connectivity index (χ0) is 19.6. The predicted octanol–water partition coefficient (Wildman–Crippen LogP) is 3.28. The van der Waals surface area contributed by atoms with Gasteiger partial charge in [0, 0.05) is 25.1 Å². The molecule has 2 aromatic heterocycles. The lowest BCUT2D eigenvalue weighted by molar-refractivity contribution is 0.578. The van der Waals surface area contributed by atoms with Crippen molar-refractivity contribution in [3.05, 3.63) is 82.9 Å². The number of nitrogens with zero attached hydrogens (tertiary/aromatic N) is 2. The standard InChI is InChI=1S/C20H21N3O2S2/c1-14-6-8-16(9-7-14)20(26)19-15(2)11-17(23(19)3)12-22-27(24,25)18-5-4-10-21-13-18/h4-11,13,22H,12H2,1-3H3. The van der Waals surface area contributed by atoms with Crippen LogP contribution in [0.4, 0.5) is 0 Å². The van der Waals surface area contributed by atoms with Crippen LogP contribution < -0.4 is 4.72 Å². The average Bonchev–Trinajstić information content (AvgIpc) is 2.94. The molecule has 0 amide bonds. The molecule has 27 heavy (non-hydrogen) atoms. The highest BCUT2D eigenvalue weighted by atomic mass is 32.2. The molecule has 0 atom stereocenters. The largest absolute Gasteiger partial charge is 0.345 e. The minimum absolute atomic E-state index is 0.145. The van der Waals surface area contributed by atoms with Crippen LogP contribution in [0, 0.1) is 13.8 Å². The molecule has 0 saturated carbocycles. The highest BCUT2D eigenvalue weighted by molar-refractivity contribution is 7.89. The summed E-state index contributed by atoms with van der Waals surface area (Å²) in [5, 5.41) is 0. The van der Waals surface area contributed by atoms with Crippen LogP contribution in [-0.4, -0.2) is 22.8 Å².